The molecule has 1 atom stereocenters. The minimum absolute atomic E-state index is 0.503. The van der Waals surface area contributed by atoms with Crippen molar-refractivity contribution < 1.29 is 0 Å². The van der Waals surface area contributed by atoms with Crippen LogP contribution in [0.3, 0.4) is 0 Å². The van der Waals surface area contributed by atoms with Gasteiger partial charge < -0.3 is 10.2 Å². The van der Waals surface area contributed by atoms with E-state index < -0.39 is 0 Å². The summed E-state index contributed by atoms with van der Waals surface area (Å²) in [6.45, 7) is 9.25. The first-order chi connectivity index (χ1) is 9.63. The lowest BCUT2D eigenvalue weighted by Crippen LogP contribution is -2.47. The second-order valence-corrected chi connectivity index (χ2v) is 6.27. The van der Waals surface area contributed by atoms with Gasteiger partial charge in [0.2, 0.25) is 0 Å². The van der Waals surface area contributed by atoms with Crippen LogP contribution < -0.4 is 5.32 Å². The molecule has 1 unspecified atom stereocenters. The van der Waals surface area contributed by atoms with Crippen molar-refractivity contribution in [1.82, 2.24) is 15.1 Å². The molecule has 3 nitrogen and oxygen atoms in total. The fourth-order valence-electron chi connectivity index (χ4n) is 2.59. The number of halogens is 1. The molecule has 1 aromatic rings. The van der Waals surface area contributed by atoms with Crippen LogP contribution in [-0.2, 0) is 6.42 Å². The molecule has 0 radical (unpaired) electrons. The summed E-state index contributed by atoms with van der Waals surface area (Å²) < 4.78 is 0. The van der Waals surface area contributed by atoms with Crippen LogP contribution in [0.1, 0.15) is 12.5 Å². The molecule has 0 saturated carbocycles. The Balaban J connectivity index is 1.62. The third-order valence-electron chi connectivity index (χ3n) is 3.97. The summed E-state index contributed by atoms with van der Waals surface area (Å²) in [6, 6.07) is 8.66. The van der Waals surface area contributed by atoms with E-state index >= 15 is 0 Å². The van der Waals surface area contributed by atoms with Gasteiger partial charge in [-0.1, -0.05) is 23.7 Å². The van der Waals surface area contributed by atoms with E-state index in [1.54, 1.807) is 0 Å². The van der Waals surface area contributed by atoms with Gasteiger partial charge in [0.15, 0.2) is 0 Å². The van der Waals surface area contributed by atoms with Crippen molar-refractivity contribution in [1.29, 1.82) is 0 Å². The fraction of sp³-hybridized carbons (Fsp3) is 0.625. The zero-order valence-corrected chi connectivity index (χ0v) is 13.4. The first-order valence-electron chi connectivity index (χ1n) is 7.52. The molecule has 0 amide bonds. The molecular weight excluding hydrogens is 270 g/mol. The topological polar surface area (TPSA) is 18.5 Å². The van der Waals surface area contributed by atoms with Crippen molar-refractivity contribution in [3.05, 3.63) is 34.9 Å². The van der Waals surface area contributed by atoms with Crippen LogP contribution in [0.25, 0.3) is 0 Å². The summed E-state index contributed by atoms with van der Waals surface area (Å²) in [7, 11) is 2.20. The van der Waals surface area contributed by atoms with Gasteiger partial charge in [0, 0.05) is 50.3 Å². The van der Waals surface area contributed by atoms with Crippen molar-refractivity contribution in [2.45, 2.75) is 19.4 Å². The summed E-state index contributed by atoms with van der Waals surface area (Å²) >= 11 is 5.90. The van der Waals surface area contributed by atoms with Gasteiger partial charge in [-0.2, -0.15) is 0 Å². The molecule has 0 aliphatic carbocycles. The molecule has 112 valence electrons. The molecule has 1 fully saturated rings. The number of rotatable bonds is 6. The molecule has 1 aromatic carbocycles. The Bertz CT molecular complexity index is 385. The van der Waals surface area contributed by atoms with Crippen LogP contribution >= 0.6 is 11.6 Å². The third-order valence-corrected chi connectivity index (χ3v) is 4.22. The number of piperazine rings is 1. The molecule has 0 bridgehead atoms. The van der Waals surface area contributed by atoms with Crippen molar-refractivity contribution >= 4 is 11.6 Å². The molecule has 2 rings (SSSR count). The van der Waals surface area contributed by atoms with Gasteiger partial charge in [0.05, 0.1) is 0 Å². The first kappa shape index (κ1) is 15.8. The first-order valence-corrected chi connectivity index (χ1v) is 7.90. The van der Waals surface area contributed by atoms with E-state index in [0.29, 0.717) is 6.04 Å². The predicted octanol–water partition coefficient (Wildman–Crippen LogP) is 2.11. The Kier molecular flexibility index (Phi) is 6.30. The van der Waals surface area contributed by atoms with Crippen LogP contribution in [0.15, 0.2) is 24.3 Å². The number of nitrogens with zero attached hydrogens (tertiary/aromatic N) is 2. The highest BCUT2D eigenvalue weighted by molar-refractivity contribution is 6.30. The lowest BCUT2D eigenvalue weighted by atomic mass is 10.1. The van der Waals surface area contributed by atoms with Crippen LogP contribution in [0.4, 0.5) is 0 Å². The van der Waals surface area contributed by atoms with Crippen LogP contribution in [-0.4, -0.2) is 62.2 Å². The van der Waals surface area contributed by atoms with Crippen LogP contribution in [0.5, 0.6) is 0 Å². The maximum Gasteiger partial charge on any atom is 0.0406 e. The van der Waals surface area contributed by atoms with Gasteiger partial charge in [0.25, 0.3) is 0 Å². The van der Waals surface area contributed by atoms with E-state index in [2.05, 4.69) is 41.2 Å². The smallest absolute Gasteiger partial charge is 0.0406 e. The highest BCUT2D eigenvalue weighted by Gasteiger charge is 2.13. The van der Waals surface area contributed by atoms with E-state index in [4.69, 9.17) is 11.6 Å². The molecule has 1 N–H and O–H groups in total. The zero-order chi connectivity index (χ0) is 14.4. The molecular formula is C16H26ClN3. The largest absolute Gasteiger partial charge is 0.313 e. The van der Waals surface area contributed by atoms with Crippen molar-refractivity contribution in [3.63, 3.8) is 0 Å². The van der Waals surface area contributed by atoms with E-state index in [9.17, 15) is 0 Å². The Morgan fingerprint density at radius 1 is 1.15 bits per heavy atom. The van der Waals surface area contributed by atoms with Gasteiger partial charge in [-0.15, -0.1) is 0 Å². The van der Waals surface area contributed by atoms with E-state index in [1.165, 1.54) is 31.7 Å². The lowest BCUT2D eigenvalue weighted by molar-refractivity contribution is 0.154. The molecule has 20 heavy (non-hydrogen) atoms. The maximum absolute atomic E-state index is 5.90. The van der Waals surface area contributed by atoms with Crippen molar-refractivity contribution in [2.24, 2.45) is 0 Å². The highest BCUT2D eigenvalue weighted by Crippen LogP contribution is 2.11. The predicted molar refractivity (Wildman–Crippen MR) is 86.6 cm³/mol. The average molecular weight is 296 g/mol. The Morgan fingerprint density at radius 3 is 2.45 bits per heavy atom. The van der Waals surface area contributed by atoms with Crippen molar-refractivity contribution in [2.75, 3.05) is 46.3 Å². The van der Waals surface area contributed by atoms with Gasteiger partial charge in [-0.05, 0) is 38.1 Å². The number of nitrogens with one attached hydrogen (secondary N) is 1. The summed E-state index contributed by atoms with van der Waals surface area (Å²) in [5.74, 6) is 0. The molecule has 0 spiro atoms. The van der Waals surface area contributed by atoms with Gasteiger partial charge in [-0.3, -0.25) is 4.90 Å². The fourth-order valence-corrected chi connectivity index (χ4v) is 2.71. The SMILES string of the molecule is CC(Cc1ccc(Cl)cc1)NCCN1CCN(C)CC1. The molecule has 1 aliphatic rings. The highest BCUT2D eigenvalue weighted by atomic mass is 35.5. The molecule has 1 heterocycles. The summed E-state index contributed by atoms with van der Waals surface area (Å²) in [6.07, 6.45) is 1.06. The van der Waals surface area contributed by atoms with Crippen LogP contribution in [0, 0.1) is 0 Å². The summed E-state index contributed by atoms with van der Waals surface area (Å²) in [4.78, 5) is 4.94. The van der Waals surface area contributed by atoms with Crippen LogP contribution in [0.2, 0.25) is 5.02 Å². The summed E-state index contributed by atoms with van der Waals surface area (Å²) in [5, 5.41) is 4.43. The van der Waals surface area contributed by atoms with E-state index in [1.807, 2.05) is 12.1 Å². The number of hydrogen-bond donors (Lipinski definition) is 1. The normalized spacial score (nSPS) is 19.1. The Labute approximate surface area is 127 Å². The summed E-state index contributed by atoms with van der Waals surface area (Å²) in [5.41, 5.74) is 1.34. The second-order valence-electron chi connectivity index (χ2n) is 5.83. The monoisotopic (exact) mass is 295 g/mol. The average Bonchev–Trinajstić information content (AvgIpc) is 2.44. The molecule has 4 heteroatoms. The lowest BCUT2D eigenvalue weighted by Gasteiger charge is -2.32. The minimum atomic E-state index is 0.503. The number of hydrogen-bond acceptors (Lipinski definition) is 3. The third kappa shape index (κ3) is 5.41. The molecule has 0 aromatic heterocycles. The molecule has 1 saturated heterocycles. The Hall–Kier alpha value is -0.610. The maximum atomic E-state index is 5.90. The van der Waals surface area contributed by atoms with Gasteiger partial charge >= 0.3 is 0 Å². The zero-order valence-electron chi connectivity index (χ0n) is 12.6. The minimum Gasteiger partial charge on any atom is -0.313 e. The second kappa shape index (κ2) is 7.99. The van der Waals surface area contributed by atoms with Gasteiger partial charge in [0.1, 0.15) is 0 Å². The number of likely N-dealkylation sites (N-methyl/N-ethyl adjacent to an activating group) is 1. The van der Waals surface area contributed by atoms with E-state index in [-0.39, 0.29) is 0 Å². The van der Waals surface area contributed by atoms with Crippen molar-refractivity contribution in [3.8, 4) is 0 Å². The standard InChI is InChI=1S/C16H26ClN3/c1-14(13-15-3-5-16(17)6-4-15)18-7-8-20-11-9-19(2)10-12-20/h3-6,14,18H,7-13H2,1-2H3. The molecule has 1 aliphatic heterocycles. The Morgan fingerprint density at radius 2 is 1.80 bits per heavy atom. The number of benzene rings is 1. The van der Waals surface area contributed by atoms with E-state index in [0.717, 1.165) is 24.5 Å². The quantitative estimate of drug-likeness (QED) is 0.867. The van der Waals surface area contributed by atoms with Gasteiger partial charge in [-0.25, -0.2) is 0 Å².